The van der Waals surface area contributed by atoms with Crippen molar-refractivity contribution in [3.63, 3.8) is 0 Å². The van der Waals surface area contributed by atoms with Crippen LogP contribution in [0.15, 0.2) is 72.9 Å². The van der Waals surface area contributed by atoms with Gasteiger partial charge in [0.25, 0.3) is 0 Å². The molecule has 1 aliphatic heterocycles. The largest absolute Gasteiger partial charge is 0.506 e. The minimum atomic E-state index is -0.294. The van der Waals surface area contributed by atoms with E-state index in [1.807, 2.05) is 53.6 Å². The monoisotopic (exact) mass is 490 g/mol. The number of thiocarbonyl (C=S) groups is 1. The Morgan fingerprint density at radius 3 is 2.41 bits per heavy atom. The van der Waals surface area contributed by atoms with Crippen molar-refractivity contribution >= 4 is 34.6 Å². The number of phenolic OH excluding ortho intramolecular Hbond substituents is 2. The third-order valence-electron chi connectivity index (χ3n) is 6.21. The van der Waals surface area contributed by atoms with Crippen molar-refractivity contribution in [2.24, 2.45) is 0 Å². The molecule has 2 aromatic carbocycles. The second kappa shape index (κ2) is 8.66. The first-order valence-electron chi connectivity index (χ1n) is 10.8. The van der Waals surface area contributed by atoms with Gasteiger partial charge >= 0.3 is 0 Å². The maximum Gasteiger partial charge on any atom is 0.174 e. The molecule has 6 nitrogen and oxygen atoms in total. The van der Waals surface area contributed by atoms with E-state index in [0.717, 1.165) is 22.6 Å². The zero-order valence-electron chi connectivity index (χ0n) is 18.6. The third-order valence-corrected chi connectivity index (χ3v) is 6.76. The number of phenols is 2. The number of hydrogen-bond acceptors (Lipinski definition) is 4. The van der Waals surface area contributed by atoms with Gasteiger partial charge in [0.1, 0.15) is 11.5 Å². The van der Waals surface area contributed by atoms with Gasteiger partial charge in [-0.1, -0.05) is 29.8 Å². The molecule has 34 heavy (non-hydrogen) atoms. The van der Waals surface area contributed by atoms with Gasteiger partial charge in [0.05, 0.1) is 29.2 Å². The summed E-state index contributed by atoms with van der Waals surface area (Å²) >= 11 is 12.0. The standard InChI is InChI=1S/C26H23ClN4O2S/c1-15-13-18(16(2)30(15)21-14-17(27)10-11-23(21)33)25-24(19-7-5-6-12-28-19)29-26(34)31(25)20-8-3-4-9-22(20)32/h3-14,24-25,32-33H,1-2H3,(H,29,34)/t24-,25-/m0/s1. The van der Waals surface area contributed by atoms with Gasteiger partial charge in [0, 0.05) is 22.6 Å². The Bertz CT molecular complexity index is 1390. The summed E-state index contributed by atoms with van der Waals surface area (Å²) in [4.78, 5) is 6.53. The zero-order chi connectivity index (χ0) is 24.0. The first kappa shape index (κ1) is 22.3. The van der Waals surface area contributed by atoms with Crippen LogP contribution in [0.3, 0.4) is 0 Å². The van der Waals surface area contributed by atoms with E-state index in [1.165, 1.54) is 0 Å². The van der Waals surface area contributed by atoms with Gasteiger partial charge in [0.2, 0.25) is 0 Å². The van der Waals surface area contributed by atoms with Crippen LogP contribution in [0.4, 0.5) is 5.69 Å². The van der Waals surface area contributed by atoms with E-state index in [-0.39, 0.29) is 23.6 Å². The number of halogens is 1. The number of anilines is 1. The molecule has 2 atom stereocenters. The van der Waals surface area contributed by atoms with Gasteiger partial charge in [0.15, 0.2) is 5.11 Å². The number of para-hydroxylation sites is 2. The molecule has 3 N–H and O–H groups in total. The average molecular weight is 491 g/mol. The summed E-state index contributed by atoms with van der Waals surface area (Å²) in [7, 11) is 0. The van der Waals surface area contributed by atoms with Gasteiger partial charge in [-0.05, 0) is 80.2 Å². The van der Waals surface area contributed by atoms with Crippen LogP contribution in [0.1, 0.15) is 34.7 Å². The van der Waals surface area contributed by atoms with Crippen molar-refractivity contribution in [1.29, 1.82) is 0 Å². The van der Waals surface area contributed by atoms with Gasteiger partial charge < -0.3 is 25.0 Å². The Morgan fingerprint density at radius 2 is 1.68 bits per heavy atom. The smallest absolute Gasteiger partial charge is 0.174 e. The van der Waals surface area contributed by atoms with Crippen LogP contribution in [-0.4, -0.2) is 24.9 Å². The number of aromatic hydroxyl groups is 2. The van der Waals surface area contributed by atoms with Crippen LogP contribution < -0.4 is 10.2 Å². The van der Waals surface area contributed by atoms with Crippen molar-refractivity contribution in [2.75, 3.05) is 4.90 Å². The molecule has 172 valence electrons. The lowest BCUT2D eigenvalue weighted by Crippen LogP contribution is -2.29. The highest BCUT2D eigenvalue weighted by Crippen LogP contribution is 2.46. The number of nitrogens with one attached hydrogen (secondary N) is 1. The molecule has 3 heterocycles. The molecule has 4 aromatic rings. The lowest BCUT2D eigenvalue weighted by molar-refractivity contribution is 0.471. The first-order valence-corrected chi connectivity index (χ1v) is 11.6. The molecular weight excluding hydrogens is 468 g/mol. The van der Waals surface area contributed by atoms with Gasteiger partial charge in [-0.2, -0.15) is 0 Å². The zero-order valence-corrected chi connectivity index (χ0v) is 20.2. The predicted octanol–water partition coefficient (Wildman–Crippen LogP) is 5.73. The molecule has 5 rings (SSSR count). The molecule has 2 aromatic heterocycles. The number of benzene rings is 2. The molecule has 0 radical (unpaired) electrons. The molecule has 0 amide bonds. The minimum absolute atomic E-state index is 0.136. The first-order chi connectivity index (χ1) is 16.4. The Morgan fingerprint density at radius 1 is 0.941 bits per heavy atom. The van der Waals surface area contributed by atoms with Crippen LogP contribution >= 0.6 is 23.8 Å². The molecule has 1 aliphatic rings. The van der Waals surface area contributed by atoms with E-state index in [1.54, 1.807) is 36.5 Å². The highest BCUT2D eigenvalue weighted by molar-refractivity contribution is 7.80. The van der Waals surface area contributed by atoms with Crippen LogP contribution in [-0.2, 0) is 0 Å². The van der Waals surface area contributed by atoms with Crippen molar-refractivity contribution in [2.45, 2.75) is 25.9 Å². The fourth-order valence-electron chi connectivity index (χ4n) is 4.73. The van der Waals surface area contributed by atoms with Crippen LogP contribution in [0, 0.1) is 13.8 Å². The maximum atomic E-state index is 10.7. The Labute approximate surface area is 208 Å². The fraction of sp³-hybridized carbons (Fsp3) is 0.154. The lowest BCUT2D eigenvalue weighted by Gasteiger charge is -2.28. The maximum absolute atomic E-state index is 10.7. The van der Waals surface area contributed by atoms with E-state index in [0.29, 0.717) is 21.5 Å². The van der Waals surface area contributed by atoms with Crippen molar-refractivity contribution in [3.05, 3.63) is 101 Å². The van der Waals surface area contributed by atoms with Crippen molar-refractivity contribution < 1.29 is 10.2 Å². The second-order valence-corrected chi connectivity index (χ2v) is 9.10. The summed E-state index contributed by atoms with van der Waals surface area (Å²) in [6.07, 6.45) is 1.76. The quantitative estimate of drug-likeness (QED) is 0.317. The van der Waals surface area contributed by atoms with E-state index in [9.17, 15) is 10.2 Å². The summed E-state index contributed by atoms with van der Waals surface area (Å²) in [5, 5.41) is 25.7. The molecule has 1 fully saturated rings. The number of nitrogens with zero attached hydrogens (tertiary/aromatic N) is 3. The Hall–Kier alpha value is -3.55. The van der Waals surface area contributed by atoms with Crippen LogP contribution in [0.5, 0.6) is 11.5 Å². The van der Waals surface area contributed by atoms with Crippen LogP contribution in [0.25, 0.3) is 5.69 Å². The summed E-state index contributed by atoms with van der Waals surface area (Å²) in [5.74, 6) is 0.274. The lowest BCUT2D eigenvalue weighted by atomic mass is 9.96. The molecule has 0 bridgehead atoms. The number of aryl methyl sites for hydroxylation is 1. The van der Waals surface area contributed by atoms with Crippen LogP contribution in [0.2, 0.25) is 5.02 Å². The summed E-state index contributed by atoms with van der Waals surface area (Å²) < 4.78 is 1.98. The topological polar surface area (TPSA) is 73.5 Å². The SMILES string of the molecule is Cc1cc([C@H]2[C@H](c3ccccn3)NC(=S)N2c2ccccc2O)c(C)n1-c1cc(Cl)ccc1O. The molecular formula is C26H23ClN4O2S. The summed E-state index contributed by atoms with van der Waals surface area (Å²) in [5.41, 5.74) is 4.89. The average Bonchev–Trinajstić information content (AvgIpc) is 3.31. The van der Waals surface area contributed by atoms with E-state index < -0.39 is 0 Å². The van der Waals surface area contributed by atoms with Crippen molar-refractivity contribution in [3.8, 4) is 17.2 Å². The Balaban J connectivity index is 1.72. The fourth-order valence-corrected chi connectivity index (χ4v) is 5.24. The number of aromatic nitrogens is 2. The second-order valence-electron chi connectivity index (χ2n) is 8.28. The third kappa shape index (κ3) is 3.67. The van der Waals surface area contributed by atoms with E-state index in [4.69, 9.17) is 23.8 Å². The molecule has 1 saturated heterocycles. The molecule has 0 aliphatic carbocycles. The number of hydrogen-bond donors (Lipinski definition) is 3. The number of pyridine rings is 1. The predicted molar refractivity (Wildman–Crippen MR) is 138 cm³/mol. The Kier molecular flexibility index (Phi) is 5.67. The number of rotatable bonds is 4. The highest BCUT2D eigenvalue weighted by atomic mass is 35.5. The molecule has 0 unspecified atom stereocenters. The summed E-state index contributed by atoms with van der Waals surface area (Å²) in [6, 6.07) is 19.5. The molecule has 0 saturated carbocycles. The normalized spacial score (nSPS) is 17.7. The molecule has 8 heteroatoms. The molecule has 0 spiro atoms. The van der Waals surface area contributed by atoms with Gasteiger partial charge in [-0.25, -0.2) is 0 Å². The van der Waals surface area contributed by atoms with Gasteiger partial charge in [-0.3, -0.25) is 4.98 Å². The highest BCUT2D eigenvalue weighted by Gasteiger charge is 2.43. The van der Waals surface area contributed by atoms with Gasteiger partial charge in [-0.15, -0.1) is 0 Å². The summed E-state index contributed by atoms with van der Waals surface area (Å²) in [6.45, 7) is 3.99. The van der Waals surface area contributed by atoms with E-state index >= 15 is 0 Å². The van der Waals surface area contributed by atoms with E-state index in [2.05, 4.69) is 16.4 Å². The minimum Gasteiger partial charge on any atom is -0.506 e. The van der Waals surface area contributed by atoms with Crippen molar-refractivity contribution in [1.82, 2.24) is 14.9 Å².